The highest BCUT2D eigenvalue weighted by Crippen LogP contribution is 2.23. The summed E-state index contributed by atoms with van der Waals surface area (Å²) < 4.78 is 11.3. The Kier molecular flexibility index (Phi) is 57.4. The van der Waals surface area contributed by atoms with Gasteiger partial charge in [0, 0.05) is 6.42 Å². The van der Waals surface area contributed by atoms with Crippen molar-refractivity contribution in [1.82, 2.24) is 5.32 Å². The lowest BCUT2D eigenvalue weighted by Crippen LogP contribution is -2.60. The minimum atomic E-state index is -1.58. The molecule has 1 aliphatic heterocycles. The SMILES string of the molecule is CCCCCCCCCCCC/C=C/CC/C=C/CC/C=C/C(O)C(COC1OC(CO)C(O)C(O)C1O)NC(=O)CCCCCCCCCCCCCCCCCCC/C=C\CCCCCCCCCCCCCCCCCC. The molecule has 0 aliphatic carbocycles. The molecule has 9 nitrogen and oxygen atoms in total. The van der Waals surface area contributed by atoms with Crippen LogP contribution >= 0.6 is 0 Å². The third-order valence-electron chi connectivity index (χ3n) is 16.6. The Labute approximate surface area is 494 Å². The minimum Gasteiger partial charge on any atom is -0.394 e. The van der Waals surface area contributed by atoms with Gasteiger partial charge in [-0.15, -0.1) is 0 Å². The number of carbonyl (C=O) groups is 1. The van der Waals surface area contributed by atoms with Crippen LogP contribution in [0.15, 0.2) is 48.6 Å². The normalized spacial score (nSPS) is 18.7. The second-order valence-corrected chi connectivity index (χ2v) is 24.3. The Bertz CT molecular complexity index is 1400. The highest BCUT2D eigenvalue weighted by atomic mass is 16.7. The van der Waals surface area contributed by atoms with Crippen molar-refractivity contribution in [1.29, 1.82) is 0 Å². The lowest BCUT2D eigenvalue weighted by molar-refractivity contribution is -0.302. The maximum Gasteiger partial charge on any atom is 0.220 e. The lowest BCUT2D eigenvalue weighted by Gasteiger charge is -2.40. The van der Waals surface area contributed by atoms with Crippen molar-refractivity contribution in [2.24, 2.45) is 0 Å². The van der Waals surface area contributed by atoms with E-state index in [9.17, 15) is 30.3 Å². The minimum absolute atomic E-state index is 0.186. The van der Waals surface area contributed by atoms with Crippen LogP contribution in [0.25, 0.3) is 0 Å². The first kappa shape index (κ1) is 76.2. The van der Waals surface area contributed by atoms with Crippen LogP contribution < -0.4 is 5.32 Å². The van der Waals surface area contributed by atoms with Gasteiger partial charge in [0.05, 0.1) is 25.4 Å². The predicted molar refractivity (Wildman–Crippen MR) is 341 cm³/mol. The van der Waals surface area contributed by atoms with Gasteiger partial charge in [-0.25, -0.2) is 0 Å². The Hall–Kier alpha value is -1.85. The van der Waals surface area contributed by atoms with E-state index in [-0.39, 0.29) is 12.5 Å². The van der Waals surface area contributed by atoms with E-state index in [0.29, 0.717) is 6.42 Å². The number of rotatable bonds is 61. The maximum absolute atomic E-state index is 13.1. The molecule has 7 atom stereocenters. The first-order valence-electron chi connectivity index (χ1n) is 34.9. The molecule has 1 heterocycles. The first-order valence-corrected chi connectivity index (χ1v) is 34.9. The molecule has 1 aliphatic rings. The maximum atomic E-state index is 13.1. The topological polar surface area (TPSA) is 149 Å². The summed E-state index contributed by atoms with van der Waals surface area (Å²) in [5.41, 5.74) is 0. The molecular formula is C71H133NO8. The molecule has 0 aromatic heterocycles. The van der Waals surface area contributed by atoms with Crippen LogP contribution in [-0.2, 0) is 14.3 Å². The first-order chi connectivity index (χ1) is 39.3. The molecule has 0 aromatic rings. The van der Waals surface area contributed by atoms with E-state index in [1.54, 1.807) is 6.08 Å². The van der Waals surface area contributed by atoms with Crippen LogP contribution in [0.4, 0.5) is 0 Å². The average molecular weight is 1130 g/mol. The van der Waals surface area contributed by atoms with Crippen molar-refractivity contribution in [3.8, 4) is 0 Å². The molecule has 470 valence electrons. The zero-order valence-corrected chi connectivity index (χ0v) is 52.6. The van der Waals surface area contributed by atoms with Crippen LogP contribution in [0.3, 0.4) is 0 Å². The molecule has 80 heavy (non-hydrogen) atoms. The van der Waals surface area contributed by atoms with Crippen LogP contribution in [0, 0.1) is 0 Å². The highest BCUT2D eigenvalue weighted by Gasteiger charge is 2.44. The summed E-state index contributed by atoms with van der Waals surface area (Å²) in [6.07, 6.45) is 75.2. The molecule has 0 spiro atoms. The molecule has 1 fully saturated rings. The molecule has 0 radical (unpaired) electrons. The van der Waals surface area contributed by atoms with E-state index in [1.165, 1.54) is 276 Å². The van der Waals surface area contributed by atoms with Crippen molar-refractivity contribution in [3.63, 3.8) is 0 Å². The lowest BCUT2D eigenvalue weighted by atomic mass is 9.99. The van der Waals surface area contributed by atoms with Gasteiger partial charge in [0.2, 0.25) is 5.91 Å². The third-order valence-corrected chi connectivity index (χ3v) is 16.6. The highest BCUT2D eigenvalue weighted by molar-refractivity contribution is 5.76. The number of aliphatic hydroxyl groups excluding tert-OH is 5. The summed E-state index contributed by atoms with van der Waals surface area (Å²) in [6, 6.07) is -0.829. The fourth-order valence-electron chi connectivity index (χ4n) is 11.1. The van der Waals surface area contributed by atoms with E-state index in [1.807, 2.05) is 6.08 Å². The van der Waals surface area contributed by atoms with Gasteiger partial charge in [0.25, 0.3) is 0 Å². The second-order valence-electron chi connectivity index (χ2n) is 24.3. The average Bonchev–Trinajstić information content (AvgIpc) is 3.46. The van der Waals surface area contributed by atoms with Crippen LogP contribution in [0.5, 0.6) is 0 Å². The van der Waals surface area contributed by atoms with Gasteiger partial charge in [-0.05, 0) is 70.6 Å². The number of carbonyl (C=O) groups excluding carboxylic acids is 1. The molecule has 6 N–H and O–H groups in total. The molecule has 1 amide bonds. The van der Waals surface area contributed by atoms with Gasteiger partial charge in [0.15, 0.2) is 6.29 Å². The van der Waals surface area contributed by atoms with E-state index < -0.39 is 49.5 Å². The number of ether oxygens (including phenoxy) is 2. The van der Waals surface area contributed by atoms with E-state index >= 15 is 0 Å². The molecule has 9 heteroatoms. The largest absolute Gasteiger partial charge is 0.394 e. The molecule has 0 aromatic carbocycles. The zero-order valence-electron chi connectivity index (χ0n) is 52.6. The van der Waals surface area contributed by atoms with Crippen LogP contribution in [-0.4, -0.2) is 87.5 Å². The van der Waals surface area contributed by atoms with Gasteiger partial charge in [-0.3, -0.25) is 4.79 Å². The smallest absolute Gasteiger partial charge is 0.220 e. The van der Waals surface area contributed by atoms with Gasteiger partial charge in [-0.1, -0.05) is 313 Å². The summed E-state index contributed by atoms with van der Waals surface area (Å²) in [6.45, 7) is 3.80. The van der Waals surface area contributed by atoms with E-state index in [4.69, 9.17) is 9.47 Å². The predicted octanol–water partition coefficient (Wildman–Crippen LogP) is 18.8. The molecular weight excluding hydrogens is 995 g/mol. The Balaban J connectivity index is 2.10. The fourth-order valence-corrected chi connectivity index (χ4v) is 11.1. The zero-order chi connectivity index (χ0) is 57.9. The van der Waals surface area contributed by atoms with Crippen LogP contribution in [0.1, 0.15) is 341 Å². The Morgan fingerprint density at radius 1 is 0.412 bits per heavy atom. The van der Waals surface area contributed by atoms with Gasteiger partial charge < -0.3 is 40.3 Å². The van der Waals surface area contributed by atoms with Crippen molar-refractivity contribution in [2.45, 2.75) is 384 Å². The van der Waals surface area contributed by atoms with Crippen molar-refractivity contribution < 1.29 is 39.8 Å². The number of nitrogens with one attached hydrogen (secondary N) is 1. The van der Waals surface area contributed by atoms with Crippen molar-refractivity contribution in [3.05, 3.63) is 48.6 Å². The summed E-state index contributed by atoms with van der Waals surface area (Å²) >= 11 is 0. The standard InChI is InChI=1S/C71H133NO8/c1-3-5-7-9-11-13-15-17-19-21-23-25-26-27-28-29-30-31-32-33-34-35-36-37-38-39-40-41-43-45-47-49-51-53-55-57-59-61-67(75)72-64(63-79-71-70(78)69(77)68(76)66(62-73)80-71)65(74)60-58-56-54-52-50-48-46-44-42-24-22-20-18-16-14-12-10-8-6-4-2/h31-32,42,44,50,52,58,60,64-66,68-71,73-74,76-78H,3-30,33-41,43,45-49,51,53-57,59,61-63H2,1-2H3,(H,72,75)/b32-31-,44-42+,52-50+,60-58+. The molecule has 1 rings (SSSR count). The Morgan fingerprint density at radius 2 is 0.713 bits per heavy atom. The van der Waals surface area contributed by atoms with Crippen LogP contribution in [0.2, 0.25) is 0 Å². The molecule has 1 saturated heterocycles. The van der Waals surface area contributed by atoms with E-state index in [0.717, 1.165) is 44.9 Å². The number of hydrogen-bond donors (Lipinski definition) is 6. The molecule has 7 unspecified atom stereocenters. The summed E-state index contributed by atoms with van der Waals surface area (Å²) in [5, 5.41) is 54.6. The second kappa shape index (κ2) is 60.3. The fraction of sp³-hybridized carbons (Fsp3) is 0.873. The molecule has 0 saturated carbocycles. The summed E-state index contributed by atoms with van der Waals surface area (Å²) in [5.74, 6) is -0.186. The van der Waals surface area contributed by atoms with Crippen molar-refractivity contribution >= 4 is 5.91 Å². The summed E-state index contributed by atoms with van der Waals surface area (Å²) in [7, 11) is 0. The number of allylic oxidation sites excluding steroid dienone is 7. The molecule has 0 bridgehead atoms. The number of amides is 1. The quantitative estimate of drug-likeness (QED) is 0.0261. The van der Waals surface area contributed by atoms with E-state index in [2.05, 4.69) is 55.6 Å². The number of hydrogen-bond acceptors (Lipinski definition) is 8. The number of aliphatic hydroxyl groups is 5. The van der Waals surface area contributed by atoms with Gasteiger partial charge >= 0.3 is 0 Å². The van der Waals surface area contributed by atoms with Gasteiger partial charge in [0.1, 0.15) is 24.4 Å². The summed E-state index contributed by atoms with van der Waals surface area (Å²) in [4.78, 5) is 13.1. The van der Waals surface area contributed by atoms with Crippen molar-refractivity contribution in [2.75, 3.05) is 13.2 Å². The Morgan fingerprint density at radius 3 is 1.05 bits per heavy atom. The monoisotopic (exact) mass is 1130 g/mol. The number of unbranched alkanes of at least 4 members (excludes halogenated alkanes) is 45. The third kappa shape index (κ3) is 48.5. The van der Waals surface area contributed by atoms with Gasteiger partial charge in [-0.2, -0.15) is 0 Å².